The number of aromatic nitrogens is 2. The first-order chi connectivity index (χ1) is 30.0. The molecule has 16 heteroatoms. The van der Waals surface area contributed by atoms with Gasteiger partial charge in [0.1, 0.15) is 61.1 Å². The average Bonchev–Trinajstić information content (AvgIpc) is 3.26. The van der Waals surface area contributed by atoms with Gasteiger partial charge in [0, 0.05) is 77.1 Å². The van der Waals surface area contributed by atoms with Gasteiger partial charge in [0.15, 0.2) is 5.78 Å². The van der Waals surface area contributed by atoms with Crippen molar-refractivity contribution in [3.05, 3.63) is 168 Å². The smallest absolute Gasteiger partial charge is 0.339 e. The van der Waals surface area contributed by atoms with E-state index in [1.807, 2.05) is 24.3 Å². The fourth-order valence-electron chi connectivity index (χ4n) is 6.36. The molecule has 1 fully saturated rings. The van der Waals surface area contributed by atoms with Crippen molar-refractivity contribution in [2.24, 2.45) is 5.92 Å². The molecule has 3 heterocycles. The van der Waals surface area contributed by atoms with Crippen molar-refractivity contribution in [1.82, 2.24) is 9.97 Å². The van der Waals surface area contributed by atoms with Gasteiger partial charge in [-0.05, 0) is 29.8 Å². The Balaban J connectivity index is 1.08. The Hall–Kier alpha value is -6.38. The summed E-state index contributed by atoms with van der Waals surface area (Å²) in [4.78, 5) is 37.0. The third-order valence-electron chi connectivity index (χ3n) is 9.62. The van der Waals surface area contributed by atoms with E-state index in [2.05, 4.69) is 14.8 Å². The second-order valence-corrected chi connectivity index (χ2v) is 15.5. The molecule has 0 bridgehead atoms. The van der Waals surface area contributed by atoms with E-state index in [0.29, 0.717) is 73.5 Å². The SMILES string of the molecule is [C-]#[N+]c1cncc(COc2cc(OCc3cccc(-c4cccc(COc5cc(OCc6cncc(C#N)c6)c(C(=O)O)cc5Cl)c4Cl)c3Cl)c(Cl)cc2C(=O)CC2COC2)c1. The number of carbonyl (C=O) groups excluding carboxylic acids is 1. The van der Waals surface area contributed by atoms with Crippen LogP contribution in [0.2, 0.25) is 20.1 Å². The zero-order chi connectivity index (χ0) is 43.8. The number of ether oxygens (including phenoxy) is 5. The van der Waals surface area contributed by atoms with Crippen LogP contribution in [0.25, 0.3) is 16.0 Å². The van der Waals surface area contributed by atoms with Crippen molar-refractivity contribution in [3.8, 4) is 40.2 Å². The topological polar surface area (TPSA) is 154 Å². The van der Waals surface area contributed by atoms with Crippen LogP contribution >= 0.6 is 46.4 Å². The predicted octanol–water partition coefficient (Wildman–Crippen LogP) is 11.4. The standard InChI is InChI=1S/C46H32Cl4N4O8/c1-52-32-9-28(18-54-19-32)23-59-40-13-42(37(47)11-35(40)39(55)10-29-20-58-21-29)61-24-30-4-2-6-33(44(30)49)34-7-3-5-31(45(34)50)25-62-43-14-41(36(46(56)57)12-38(43)48)60-22-27-8-26(15-51)16-53-17-27/h2-9,11-14,16-19,29H,10,20-25H2,(H,56,57). The fourth-order valence-corrected chi connectivity index (χ4v) is 7.36. The quantitative estimate of drug-likeness (QED) is 0.0687. The van der Waals surface area contributed by atoms with Crippen LogP contribution in [-0.4, -0.2) is 40.0 Å². The number of pyridine rings is 2. The fraction of sp³-hybridized carbons (Fsp3) is 0.174. The zero-order valence-corrected chi connectivity index (χ0v) is 35.4. The minimum absolute atomic E-state index is 0.000325. The third-order valence-corrected chi connectivity index (χ3v) is 11.1. The maximum Gasteiger partial charge on any atom is 0.339 e. The molecule has 0 amide bonds. The first-order valence-corrected chi connectivity index (χ1v) is 20.3. The Labute approximate surface area is 375 Å². The summed E-state index contributed by atoms with van der Waals surface area (Å²) in [6.07, 6.45) is 6.22. The number of aromatic carboxylic acids is 1. The van der Waals surface area contributed by atoms with Gasteiger partial charge in [0.25, 0.3) is 0 Å². The Bertz CT molecular complexity index is 2770. The van der Waals surface area contributed by atoms with Crippen molar-refractivity contribution >= 4 is 63.8 Å². The molecule has 1 aliphatic rings. The first-order valence-electron chi connectivity index (χ1n) is 18.7. The van der Waals surface area contributed by atoms with E-state index in [1.54, 1.807) is 42.6 Å². The number of hydrogen-bond donors (Lipinski definition) is 1. The summed E-state index contributed by atoms with van der Waals surface area (Å²) >= 11 is 27.2. The van der Waals surface area contributed by atoms with E-state index in [9.17, 15) is 20.0 Å². The van der Waals surface area contributed by atoms with Crippen LogP contribution < -0.4 is 18.9 Å². The summed E-state index contributed by atoms with van der Waals surface area (Å²) in [6, 6.07) is 21.8. The van der Waals surface area contributed by atoms with E-state index < -0.39 is 5.97 Å². The van der Waals surface area contributed by atoms with E-state index >= 15 is 0 Å². The number of ketones is 1. The number of Topliss-reactive ketones (excluding diaryl/α,β-unsaturated/α-hetero) is 1. The molecule has 7 rings (SSSR count). The lowest BCUT2D eigenvalue weighted by Gasteiger charge is -2.25. The van der Waals surface area contributed by atoms with Crippen molar-refractivity contribution in [2.45, 2.75) is 32.8 Å². The molecule has 1 N–H and O–H groups in total. The molecule has 0 aliphatic carbocycles. The highest BCUT2D eigenvalue weighted by atomic mass is 35.5. The number of nitrogens with zero attached hydrogens (tertiary/aromatic N) is 4. The second-order valence-electron chi connectivity index (χ2n) is 14.0. The van der Waals surface area contributed by atoms with Crippen molar-refractivity contribution in [2.75, 3.05) is 13.2 Å². The lowest BCUT2D eigenvalue weighted by Crippen LogP contribution is -2.29. The van der Waals surface area contributed by atoms with Crippen LogP contribution in [-0.2, 0) is 31.2 Å². The molecule has 1 saturated heterocycles. The summed E-state index contributed by atoms with van der Waals surface area (Å²) in [5.41, 5.74) is 4.43. The molecule has 1 aliphatic heterocycles. The number of nitriles is 1. The Morgan fingerprint density at radius 2 is 1.26 bits per heavy atom. The van der Waals surface area contributed by atoms with Crippen molar-refractivity contribution < 1.29 is 38.4 Å². The second kappa shape index (κ2) is 20.0. The normalized spacial score (nSPS) is 12.1. The van der Waals surface area contributed by atoms with Crippen molar-refractivity contribution in [3.63, 3.8) is 0 Å². The average molecular weight is 911 g/mol. The van der Waals surface area contributed by atoms with Gasteiger partial charge < -0.3 is 28.8 Å². The highest BCUT2D eigenvalue weighted by Crippen LogP contribution is 2.40. The van der Waals surface area contributed by atoms with Crippen LogP contribution in [0.3, 0.4) is 0 Å². The highest BCUT2D eigenvalue weighted by molar-refractivity contribution is 6.37. The summed E-state index contributed by atoms with van der Waals surface area (Å²) in [5, 5.41) is 20.0. The number of halogens is 4. The number of rotatable bonds is 17. The van der Waals surface area contributed by atoms with Gasteiger partial charge in [-0.2, -0.15) is 5.26 Å². The predicted molar refractivity (Wildman–Crippen MR) is 232 cm³/mol. The third kappa shape index (κ3) is 10.4. The summed E-state index contributed by atoms with van der Waals surface area (Å²) in [5.74, 6) is -0.634. The Kier molecular flexibility index (Phi) is 14.1. The molecule has 62 heavy (non-hydrogen) atoms. The summed E-state index contributed by atoms with van der Waals surface area (Å²) in [7, 11) is 0. The minimum Gasteiger partial charge on any atom is -0.488 e. The molecule has 6 aromatic rings. The van der Waals surface area contributed by atoms with Gasteiger partial charge in [0.05, 0.1) is 51.0 Å². The van der Waals surface area contributed by atoms with Gasteiger partial charge >= 0.3 is 5.97 Å². The number of hydrogen-bond acceptors (Lipinski definition) is 10. The van der Waals surface area contributed by atoms with Gasteiger partial charge in [-0.3, -0.25) is 14.8 Å². The molecule has 12 nitrogen and oxygen atoms in total. The van der Waals surface area contributed by atoms with E-state index in [1.165, 1.54) is 36.8 Å². The van der Waals surface area contributed by atoms with E-state index in [-0.39, 0.29) is 83.2 Å². The summed E-state index contributed by atoms with van der Waals surface area (Å²) < 4.78 is 29.5. The largest absolute Gasteiger partial charge is 0.488 e. The van der Waals surface area contributed by atoms with Crippen LogP contribution in [0, 0.1) is 23.8 Å². The highest BCUT2D eigenvalue weighted by Gasteiger charge is 2.26. The van der Waals surface area contributed by atoms with Crippen LogP contribution in [0.4, 0.5) is 5.69 Å². The maximum absolute atomic E-state index is 13.4. The molecule has 4 aromatic carbocycles. The molecule has 0 radical (unpaired) electrons. The molecule has 312 valence electrons. The molecule has 0 unspecified atom stereocenters. The van der Waals surface area contributed by atoms with Gasteiger partial charge in [-0.25, -0.2) is 9.64 Å². The lowest BCUT2D eigenvalue weighted by atomic mass is 9.96. The summed E-state index contributed by atoms with van der Waals surface area (Å²) in [6.45, 7) is 8.24. The van der Waals surface area contributed by atoms with Gasteiger partial charge in [-0.15, -0.1) is 0 Å². The zero-order valence-electron chi connectivity index (χ0n) is 32.4. The van der Waals surface area contributed by atoms with Crippen LogP contribution in [0.5, 0.6) is 23.0 Å². The number of carboxylic acid groups (broad SMARTS) is 1. The monoisotopic (exact) mass is 908 g/mol. The van der Waals surface area contributed by atoms with E-state index in [4.69, 9.17) is 76.7 Å². The lowest BCUT2D eigenvalue weighted by molar-refractivity contribution is -0.0322. The number of carbonyl (C=O) groups is 2. The van der Waals surface area contributed by atoms with Crippen LogP contribution in [0.15, 0.2) is 97.6 Å². The number of carboxylic acids is 1. The minimum atomic E-state index is -1.26. The molecule has 2 aromatic heterocycles. The molecule has 0 spiro atoms. The van der Waals surface area contributed by atoms with E-state index in [0.717, 1.165) is 0 Å². The van der Waals surface area contributed by atoms with Crippen LogP contribution in [0.1, 0.15) is 55.0 Å². The Morgan fingerprint density at radius 3 is 1.79 bits per heavy atom. The molecular formula is C46H32Cl4N4O8. The molecule has 0 saturated carbocycles. The first kappa shape index (κ1) is 43.7. The number of benzene rings is 4. The van der Waals surface area contributed by atoms with Gasteiger partial charge in [0.2, 0.25) is 5.69 Å². The maximum atomic E-state index is 13.4. The Morgan fingerprint density at radius 1 is 0.726 bits per heavy atom. The molecular weight excluding hydrogens is 878 g/mol. The van der Waals surface area contributed by atoms with Gasteiger partial charge in [-0.1, -0.05) is 82.8 Å². The van der Waals surface area contributed by atoms with Crippen molar-refractivity contribution in [1.29, 1.82) is 5.26 Å². The molecule has 0 atom stereocenters.